The molecule has 0 aliphatic rings. The second-order valence-electron chi connectivity index (χ2n) is 6.55. The summed E-state index contributed by atoms with van der Waals surface area (Å²) in [6, 6.07) is 10.1. The third kappa shape index (κ3) is 8.56. The fourth-order valence-electron chi connectivity index (χ4n) is 2.47. The van der Waals surface area contributed by atoms with Crippen LogP contribution in [0.1, 0.15) is 22.3 Å². The molecule has 0 fully saturated rings. The molecule has 0 saturated heterocycles. The molecule has 176 valence electrons. The SMILES string of the molecule is NC(N)=Nc1ccc(C(=O)Oc2cccc(CNS(=O)(=O)NC(CC(=O)O)C(=O)O)c2)cc1. The third-order valence-corrected chi connectivity index (χ3v) is 5.03. The fraction of sp³-hybridized carbons (Fsp3) is 0.158. The van der Waals surface area contributed by atoms with Crippen molar-refractivity contribution < 1.29 is 37.8 Å². The zero-order valence-corrected chi connectivity index (χ0v) is 17.8. The highest BCUT2D eigenvalue weighted by molar-refractivity contribution is 7.87. The summed E-state index contributed by atoms with van der Waals surface area (Å²) in [6.45, 7) is -0.284. The lowest BCUT2D eigenvalue weighted by atomic mass is 10.2. The monoisotopic (exact) mass is 479 g/mol. The maximum atomic E-state index is 12.3. The second-order valence-corrected chi connectivity index (χ2v) is 8.08. The molecular formula is C19H21N5O8S. The summed E-state index contributed by atoms with van der Waals surface area (Å²) >= 11 is 0. The van der Waals surface area contributed by atoms with Gasteiger partial charge in [-0.05, 0) is 42.0 Å². The van der Waals surface area contributed by atoms with Crippen LogP contribution in [0.3, 0.4) is 0 Å². The van der Waals surface area contributed by atoms with Gasteiger partial charge in [0.15, 0.2) is 5.96 Å². The number of carboxylic acids is 2. The third-order valence-electron chi connectivity index (χ3n) is 3.91. The number of aliphatic carboxylic acids is 2. The zero-order chi connectivity index (χ0) is 24.6. The maximum absolute atomic E-state index is 12.3. The Bertz CT molecular complexity index is 1160. The lowest BCUT2D eigenvalue weighted by molar-refractivity contribution is -0.145. The first-order chi connectivity index (χ1) is 15.4. The summed E-state index contributed by atoms with van der Waals surface area (Å²) in [5.41, 5.74) is 11.6. The van der Waals surface area contributed by atoms with Crippen molar-refractivity contribution in [1.29, 1.82) is 0 Å². The molecule has 2 aromatic carbocycles. The van der Waals surface area contributed by atoms with Crippen LogP contribution in [0, 0.1) is 0 Å². The van der Waals surface area contributed by atoms with Crippen molar-refractivity contribution in [3.8, 4) is 5.75 Å². The van der Waals surface area contributed by atoms with Crippen molar-refractivity contribution >= 4 is 39.8 Å². The molecule has 0 saturated carbocycles. The lowest BCUT2D eigenvalue weighted by Gasteiger charge is -2.14. The highest BCUT2D eigenvalue weighted by atomic mass is 32.2. The van der Waals surface area contributed by atoms with E-state index < -0.39 is 40.6 Å². The van der Waals surface area contributed by atoms with E-state index in [1.165, 1.54) is 48.5 Å². The average molecular weight is 479 g/mol. The predicted molar refractivity (Wildman–Crippen MR) is 116 cm³/mol. The van der Waals surface area contributed by atoms with Crippen LogP contribution in [0.15, 0.2) is 53.5 Å². The molecule has 13 nitrogen and oxygen atoms in total. The van der Waals surface area contributed by atoms with Gasteiger partial charge in [-0.2, -0.15) is 17.9 Å². The number of hydrogen-bond acceptors (Lipinski definition) is 7. The number of esters is 1. The maximum Gasteiger partial charge on any atom is 0.343 e. The van der Waals surface area contributed by atoms with E-state index in [9.17, 15) is 22.8 Å². The highest BCUT2D eigenvalue weighted by Gasteiger charge is 2.26. The Kier molecular flexibility index (Phi) is 8.44. The molecule has 0 aromatic heterocycles. The smallest absolute Gasteiger partial charge is 0.343 e. The summed E-state index contributed by atoms with van der Waals surface area (Å²) in [5.74, 6) is -3.79. The lowest BCUT2D eigenvalue weighted by Crippen LogP contribution is -2.47. The number of ether oxygens (including phenoxy) is 1. The molecule has 0 heterocycles. The van der Waals surface area contributed by atoms with Gasteiger partial charge in [0.1, 0.15) is 11.8 Å². The standard InChI is InChI=1S/C19H21N5O8S/c20-19(21)23-13-6-4-12(5-7-13)18(29)32-14-3-1-2-11(8-14)10-22-33(30,31)24-15(17(27)28)9-16(25)26/h1-8,15,22,24H,9-10H2,(H,25,26)(H,27,28)(H4,20,21,23). The van der Waals surface area contributed by atoms with E-state index in [-0.39, 0.29) is 23.8 Å². The van der Waals surface area contributed by atoms with Gasteiger partial charge in [0.25, 0.3) is 10.2 Å². The van der Waals surface area contributed by atoms with Crippen molar-refractivity contribution in [3.63, 3.8) is 0 Å². The minimum Gasteiger partial charge on any atom is -0.481 e. The largest absolute Gasteiger partial charge is 0.481 e. The first-order valence-electron chi connectivity index (χ1n) is 9.17. The van der Waals surface area contributed by atoms with Crippen molar-refractivity contribution in [2.75, 3.05) is 0 Å². The molecule has 0 radical (unpaired) electrons. The Balaban J connectivity index is 2.01. The number of aliphatic imine (C=N–C) groups is 1. The minimum atomic E-state index is -4.34. The molecule has 14 heteroatoms. The number of carbonyl (C=O) groups is 3. The molecule has 0 amide bonds. The minimum absolute atomic E-state index is 0.131. The number of carboxylic acid groups (broad SMARTS) is 2. The summed E-state index contributed by atoms with van der Waals surface area (Å²) in [4.78, 5) is 37.9. The number of nitrogens with zero attached hydrogens (tertiary/aromatic N) is 1. The van der Waals surface area contributed by atoms with Crippen molar-refractivity contribution in [2.45, 2.75) is 19.0 Å². The molecule has 1 unspecified atom stereocenters. The summed E-state index contributed by atoms with van der Waals surface area (Å²) < 4.78 is 33.2. The van der Waals surface area contributed by atoms with Crippen LogP contribution in [0.5, 0.6) is 5.75 Å². The average Bonchev–Trinajstić information content (AvgIpc) is 2.72. The van der Waals surface area contributed by atoms with Crippen molar-refractivity contribution in [1.82, 2.24) is 9.44 Å². The number of rotatable bonds is 11. The number of benzene rings is 2. The summed E-state index contributed by atoms with van der Waals surface area (Å²) in [6.07, 6.45) is -0.936. The van der Waals surface area contributed by atoms with Gasteiger partial charge in [-0.1, -0.05) is 12.1 Å². The van der Waals surface area contributed by atoms with Gasteiger partial charge in [0.05, 0.1) is 17.7 Å². The summed E-state index contributed by atoms with van der Waals surface area (Å²) in [5, 5.41) is 17.6. The Labute approximate surface area is 188 Å². The van der Waals surface area contributed by atoms with E-state index >= 15 is 0 Å². The molecule has 2 aromatic rings. The Hall–Kier alpha value is -4.01. The zero-order valence-electron chi connectivity index (χ0n) is 17.0. The van der Waals surface area contributed by atoms with Crippen LogP contribution in [0.25, 0.3) is 0 Å². The van der Waals surface area contributed by atoms with Crippen LogP contribution < -0.4 is 25.6 Å². The topological polar surface area (TPSA) is 223 Å². The quantitative estimate of drug-likeness (QED) is 0.106. The van der Waals surface area contributed by atoms with E-state index in [0.29, 0.717) is 11.3 Å². The van der Waals surface area contributed by atoms with E-state index in [2.05, 4.69) is 9.71 Å². The highest BCUT2D eigenvalue weighted by Crippen LogP contribution is 2.17. The van der Waals surface area contributed by atoms with Gasteiger partial charge in [0.2, 0.25) is 0 Å². The number of nitrogens with one attached hydrogen (secondary N) is 2. The van der Waals surface area contributed by atoms with Crippen LogP contribution in [0.2, 0.25) is 0 Å². The van der Waals surface area contributed by atoms with Gasteiger partial charge in [-0.15, -0.1) is 0 Å². The van der Waals surface area contributed by atoms with Crippen LogP contribution in [0.4, 0.5) is 5.69 Å². The van der Waals surface area contributed by atoms with E-state index in [1.54, 1.807) is 4.72 Å². The normalized spacial score (nSPS) is 11.9. The van der Waals surface area contributed by atoms with E-state index in [1.807, 2.05) is 0 Å². The van der Waals surface area contributed by atoms with Crippen LogP contribution in [-0.2, 0) is 26.3 Å². The Morgan fingerprint density at radius 1 is 1.06 bits per heavy atom. The van der Waals surface area contributed by atoms with Gasteiger partial charge in [0, 0.05) is 6.54 Å². The molecule has 0 bridgehead atoms. The molecule has 1 atom stereocenters. The number of guanidine groups is 1. The fourth-order valence-corrected chi connectivity index (χ4v) is 3.47. The molecule has 0 aliphatic carbocycles. The molecule has 0 aliphatic heterocycles. The number of nitrogens with two attached hydrogens (primary N) is 2. The van der Waals surface area contributed by atoms with E-state index in [4.69, 9.17) is 26.4 Å². The van der Waals surface area contributed by atoms with Gasteiger partial charge < -0.3 is 26.4 Å². The predicted octanol–water partition coefficient (Wildman–Crippen LogP) is -0.337. The molecule has 8 N–H and O–H groups in total. The van der Waals surface area contributed by atoms with Crippen LogP contribution >= 0.6 is 0 Å². The first-order valence-corrected chi connectivity index (χ1v) is 10.7. The Morgan fingerprint density at radius 2 is 1.73 bits per heavy atom. The molecule has 2 rings (SSSR count). The van der Waals surface area contributed by atoms with Gasteiger partial charge in [-0.25, -0.2) is 9.79 Å². The Morgan fingerprint density at radius 3 is 2.30 bits per heavy atom. The molecular weight excluding hydrogens is 458 g/mol. The van der Waals surface area contributed by atoms with Gasteiger partial charge >= 0.3 is 17.9 Å². The molecule has 33 heavy (non-hydrogen) atoms. The summed E-state index contributed by atoms with van der Waals surface area (Å²) in [7, 11) is -4.34. The van der Waals surface area contributed by atoms with Crippen LogP contribution in [-0.4, -0.2) is 48.5 Å². The van der Waals surface area contributed by atoms with E-state index in [0.717, 1.165) is 0 Å². The first kappa shape index (κ1) is 25.3. The molecule has 0 spiro atoms. The number of hydrogen-bond donors (Lipinski definition) is 6. The van der Waals surface area contributed by atoms with Crippen molar-refractivity contribution in [3.05, 3.63) is 59.7 Å². The van der Waals surface area contributed by atoms with Crippen molar-refractivity contribution in [2.24, 2.45) is 16.5 Å². The second kappa shape index (κ2) is 11.0. The number of carbonyl (C=O) groups excluding carboxylic acids is 1. The van der Waals surface area contributed by atoms with Gasteiger partial charge in [-0.3, -0.25) is 9.59 Å².